The Morgan fingerprint density at radius 1 is 1.00 bits per heavy atom. The molecule has 0 saturated carbocycles. The molecule has 2 aromatic carbocycles. The van der Waals surface area contributed by atoms with Gasteiger partial charge in [-0.1, -0.05) is 44.5 Å². The monoisotopic (exact) mass is 399 g/mol. The molecule has 0 saturated heterocycles. The van der Waals surface area contributed by atoms with Crippen LogP contribution in [-0.2, 0) is 6.42 Å². The molecule has 0 aliphatic carbocycles. The van der Waals surface area contributed by atoms with Gasteiger partial charge in [0.05, 0.1) is 11.7 Å². The zero-order valence-corrected chi connectivity index (χ0v) is 16.9. The fourth-order valence-corrected chi connectivity index (χ4v) is 3.20. The molecule has 3 aromatic rings. The number of nitrogens with one attached hydrogen (secondary N) is 1. The van der Waals surface area contributed by atoms with Gasteiger partial charge in [-0.25, -0.2) is 14.4 Å². The summed E-state index contributed by atoms with van der Waals surface area (Å²) in [5.41, 5.74) is 1.92. The Bertz CT molecular complexity index is 914. The predicted octanol–water partition coefficient (Wildman–Crippen LogP) is 6.43. The van der Waals surface area contributed by atoms with Crippen LogP contribution in [0.5, 0.6) is 11.5 Å². The van der Waals surface area contributed by atoms with E-state index in [1.54, 1.807) is 12.1 Å². The van der Waals surface area contributed by atoms with Crippen LogP contribution in [-0.4, -0.2) is 9.97 Å². The Morgan fingerprint density at radius 2 is 1.61 bits per heavy atom. The van der Waals surface area contributed by atoms with Crippen LogP contribution in [0.3, 0.4) is 0 Å². The molecule has 4 nitrogen and oxygen atoms in total. The molecule has 0 amide bonds. The first-order valence-electron chi connectivity index (χ1n) is 9.27. The SMILES string of the molecule is CCc1ncnc(NC(c2ccc(Oc3ccc(F)cc3)cc2)C(C)C)c1Cl. The van der Waals surface area contributed by atoms with Crippen molar-refractivity contribution in [3.05, 3.63) is 77.0 Å². The van der Waals surface area contributed by atoms with E-state index in [1.165, 1.54) is 18.5 Å². The Morgan fingerprint density at radius 3 is 2.18 bits per heavy atom. The molecular formula is C22H23ClFN3O. The van der Waals surface area contributed by atoms with Crippen molar-refractivity contribution in [2.24, 2.45) is 5.92 Å². The third-order valence-electron chi connectivity index (χ3n) is 4.44. The number of aryl methyl sites for hydroxylation is 1. The van der Waals surface area contributed by atoms with Crippen LogP contribution in [0.25, 0.3) is 0 Å². The predicted molar refractivity (Wildman–Crippen MR) is 111 cm³/mol. The van der Waals surface area contributed by atoms with Crippen molar-refractivity contribution < 1.29 is 9.13 Å². The van der Waals surface area contributed by atoms with Gasteiger partial charge in [0.1, 0.15) is 34.5 Å². The van der Waals surface area contributed by atoms with Crippen LogP contribution in [0.15, 0.2) is 54.9 Å². The van der Waals surface area contributed by atoms with Crippen LogP contribution in [0, 0.1) is 11.7 Å². The van der Waals surface area contributed by atoms with Gasteiger partial charge in [-0.15, -0.1) is 0 Å². The van der Waals surface area contributed by atoms with Gasteiger partial charge in [-0.05, 0) is 54.3 Å². The van der Waals surface area contributed by atoms with E-state index < -0.39 is 0 Å². The summed E-state index contributed by atoms with van der Waals surface area (Å²) < 4.78 is 18.8. The number of halogens is 2. The van der Waals surface area contributed by atoms with Gasteiger partial charge >= 0.3 is 0 Å². The first kappa shape index (κ1) is 20.1. The highest BCUT2D eigenvalue weighted by Gasteiger charge is 2.19. The average Bonchev–Trinajstić information content (AvgIpc) is 2.69. The first-order valence-corrected chi connectivity index (χ1v) is 9.65. The summed E-state index contributed by atoms with van der Waals surface area (Å²) in [5.74, 6) is 1.93. The summed E-state index contributed by atoms with van der Waals surface area (Å²) >= 11 is 6.44. The fraction of sp³-hybridized carbons (Fsp3) is 0.273. The maximum absolute atomic E-state index is 13.0. The number of rotatable bonds is 7. The molecule has 6 heteroatoms. The van der Waals surface area contributed by atoms with Gasteiger partial charge in [0.15, 0.2) is 0 Å². The lowest BCUT2D eigenvalue weighted by molar-refractivity contribution is 0.479. The number of anilines is 1. The van der Waals surface area contributed by atoms with Crippen LogP contribution >= 0.6 is 11.6 Å². The van der Waals surface area contributed by atoms with E-state index in [-0.39, 0.29) is 11.9 Å². The number of aromatic nitrogens is 2. The molecule has 3 rings (SSSR count). The lowest BCUT2D eigenvalue weighted by Crippen LogP contribution is -2.18. The molecule has 1 aromatic heterocycles. The summed E-state index contributed by atoms with van der Waals surface area (Å²) in [6, 6.07) is 13.8. The van der Waals surface area contributed by atoms with E-state index in [2.05, 4.69) is 29.1 Å². The van der Waals surface area contributed by atoms with E-state index in [0.717, 1.165) is 17.7 Å². The van der Waals surface area contributed by atoms with Gasteiger partial charge in [-0.3, -0.25) is 0 Å². The third-order valence-corrected chi connectivity index (χ3v) is 4.84. The highest BCUT2D eigenvalue weighted by Crippen LogP contribution is 2.32. The summed E-state index contributed by atoms with van der Waals surface area (Å²) in [6.07, 6.45) is 2.28. The zero-order valence-electron chi connectivity index (χ0n) is 16.1. The largest absolute Gasteiger partial charge is 0.457 e. The third kappa shape index (κ3) is 4.78. The van der Waals surface area contributed by atoms with Crippen molar-refractivity contribution in [2.75, 3.05) is 5.32 Å². The molecule has 0 radical (unpaired) electrons. The standard InChI is InChI=1S/C22H23ClFN3O/c1-4-19-20(23)22(26-13-25-19)27-21(14(2)3)15-5-9-17(10-6-15)28-18-11-7-16(24)8-12-18/h5-14,21H,4H2,1-3H3,(H,25,26,27). The van der Waals surface area contributed by atoms with Crippen molar-refractivity contribution in [2.45, 2.75) is 33.2 Å². The minimum absolute atomic E-state index is 0.0250. The van der Waals surface area contributed by atoms with Gasteiger partial charge in [0, 0.05) is 0 Å². The van der Waals surface area contributed by atoms with Crippen molar-refractivity contribution >= 4 is 17.4 Å². The molecule has 28 heavy (non-hydrogen) atoms. The molecule has 1 heterocycles. The second-order valence-electron chi connectivity index (χ2n) is 6.83. The maximum Gasteiger partial charge on any atom is 0.149 e. The highest BCUT2D eigenvalue weighted by molar-refractivity contribution is 6.33. The van der Waals surface area contributed by atoms with E-state index in [0.29, 0.717) is 28.3 Å². The minimum atomic E-state index is -0.289. The first-order chi connectivity index (χ1) is 13.5. The van der Waals surface area contributed by atoms with Crippen molar-refractivity contribution in [1.29, 1.82) is 0 Å². The van der Waals surface area contributed by atoms with Gasteiger partial charge in [0.25, 0.3) is 0 Å². The second-order valence-corrected chi connectivity index (χ2v) is 7.21. The van der Waals surface area contributed by atoms with Gasteiger partial charge in [-0.2, -0.15) is 0 Å². The maximum atomic E-state index is 13.0. The molecule has 0 bridgehead atoms. The minimum Gasteiger partial charge on any atom is -0.457 e. The number of nitrogens with zero attached hydrogens (tertiary/aromatic N) is 2. The Hall–Kier alpha value is -2.66. The van der Waals surface area contributed by atoms with Crippen LogP contribution in [0.4, 0.5) is 10.2 Å². The lowest BCUT2D eigenvalue weighted by atomic mass is 9.96. The molecule has 146 valence electrons. The van der Waals surface area contributed by atoms with Crippen LogP contribution in [0.2, 0.25) is 5.02 Å². The lowest BCUT2D eigenvalue weighted by Gasteiger charge is -2.24. The van der Waals surface area contributed by atoms with E-state index in [4.69, 9.17) is 16.3 Å². The number of ether oxygens (including phenoxy) is 1. The van der Waals surface area contributed by atoms with Crippen molar-refractivity contribution in [3.8, 4) is 11.5 Å². The molecule has 1 unspecified atom stereocenters. The van der Waals surface area contributed by atoms with E-state index in [9.17, 15) is 4.39 Å². The van der Waals surface area contributed by atoms with Crippen molar-refractivity contribution in [3.63, 3.8) is 0 Å². The molecular weight excluding hydrogens is 377 g/mol. The highest BCUT2D eigenvalue weighted by atomic mass is 35.5. The summed E-state index contributed by atoms with van der Waals surface area (Å²) in [5, 5.41) is 4.01. The number of benzene rings is 2. The van der Waals surface area contributed by atoms with Crippen LogP contribution in [0.1, 0.15) is 38.1 Å². The van der Waals surface area contributed by atoms with E-state index in [1.807, 2.05) is 31.2 Å². The second kappa shape index (κ2) is 9.02. The zero-order chi connectivity index (χ0) is 20.1. The normalized spacial score (nSPS) is 12.1. The Kier molecular flexibility index (Phi) is 6.47. The molecule has 1 N–H and O–H groups in total. The quantitative estimate of drug-likeness (QED) is 0.497. The molecule has 0 fully saturated rings. The Labute approximate surface area is 169 Å². The summed E-state index contributed by atoms with van der Waals surface area (Å²) in [6.45, 7) is 6.28. The Balaban J connectivity index is 1.78. The number of hydrogen-bond acceptors (Lipinski definition) is 4. The van der Waals surface area contributed by atoms with Gasteiger partial charge in [0.2, 0.25) is 0 Å². The fourth-order valence-electron chi connectivity index (χ4n) is 2.92. The van der Waals surface area contributed by atoms with Crippen molar-refractivity contribution in [1.82, 2.24) is 9.97 Å². The summed E-state index contributed by atoms with van der Waals surface area (Å²) in [4.78, 5) is 8.52. The topological polar surface area (TPSA) is 47.0 Å². The van der Waals surface area contributed by atoms with Crippen LogP contribution < -0.4 is 10.1 Å². The number of hydrogen-bond donors (Lipinski definition) is 1. The molecule has 0 aliphatic rings. The smallest absolute Gasteiger partial charge is 0.149 e. The molecule has 1 atom stereocenters. The van der Waals surface area contributed by atoms with Gasteiger partial charge < -0.3 is 10.1 Å². The summed E-state index contributed by atoms with van der Waals surface area (Å²) in [7, 11) is 0. The van der Waals surface area contributed by atoms with E-state index >= 15 is 0 Å². The molecule has 0 aliphatic heterocycles. The average molecular weight is 400 g/mol. The molecule has 0 spiro atoms.